The number of amidine groups is 1. The third kappa shape index (κ3) is 6.02. The Balaban J connectivity index is 0.00000242. The molecule has 0 aliphatic rings. The molecule has 5 heteroatoms. The first-order valence-electron chi connectivity index (χ1n) is 6.71. The standard InChI is InChI=1S/C17H18N2O2.Na/c1-12-5-3-7-14(9-12)18-16(11-17(20)21)19-15-8-4-6-13(2)10-15;/h3-10H,11H2,1-2H3,(H,18,19)(H,20,21);/q;+1/p-1. The first-order chi connectivity index (χ1) is 10.0. The van der Waals surface area contributed by atoms with Crippen LogP contribution in [0.3, 0.4) is 0 Å². The van der Waals surface area contributed by atoms with Crippen LogP contribution in [0.1, 0.15) is 17.5 Å². The molecular formula is C17H17N2NaO2. The van der Waals surface area contributed by atoms with Crippen LogP contribution >= 0.6 is 0 Å². The van der Waals surface area contributed by atoms with Crippen molar-refractivity contribution >= 4 is 23.2 Å². The van der Waals surface area contributed by atoms with Crippen molar-refractivity contribution < 1.29 is 39.5 Å². The van der Waals surface area contributed by atoms with Crippen LogP contribution in [0.5, 0.6) is 0 Å². The van der Waals surface area contributed by atoms with E-state index in [0.29, 0.717) is 11.5 Å². The summed E-state index contributed by atoms with van der Waals surface area (Å²) in [6.45, 7) is 3.94. The van der Waals surface area contributed by atoms with E-state index in [1.165, 1.54) is 0 Å². The van der Waals surface area contributed by atoms with Crippen LogP contribution in [-0.2, 0) is 4.79 Å². The number of hydrogen-bond acceptors (Lipinski definition) is 3. The Hall–Kier alpha value is -1.62. The van der Waals surface area contributed by atoms with Gasteiger partial charge in [0.2, 0.25) is 0 Å². The van der Waals surface area contributed by atoms with Crippen molar-refractivity contribution in [3.63, 3.8) is 0 Å². The van der Waals surface area contributed by atoms with Gasteiger partial charge < -0.3 is 15.2 Å². The van der Waals surface area contributed by atoms with Crippen molar-refractivity contribution in [2.24, 2.45) is 4.99 Å². The zero-order valence-corrected chi connectivity index (χ0v) is 15.1. The number of carbonyl (C=O) groups is 1. The monoisotopic (exact) mass is 304 g/mol. The Kier molecular flexibility index (Phi) is 7.32. The molecule has 0 bridgehead atoms. The Bertz CT molecular complexity index is 684. The van der Waals surface area contributed by atoms with Gasteiger partial charge in [-0.2, -0.15) is 0 Å². The van der Waals surface area contributed by atoms with Crippen LogP contribution in [0.2, 0.25) is 0 Å². The molecular weight excluding hydrogens is 287 g/mol. The summed E-state index contributed by atoms with van der Waals surface area (Å²) in [6, 6.07) is 15.3. The normalized spacial score (nSPS) is 10.7. The maximum Gasteiger partial charge on any atom is 1.00 e. The second-order valence-corrected chi connectivity index (χ2v) is 4.94. The minimum absolute atomic E-state index is 0. The molecule has 108 valence electrons. The molecule has 0 aromatic heterocycles. The predicted octanol–water partition coefficient (Wildman–Crippen LogP) is -0.410. The molecule has 0 radical (unpaired) electrons. The number of benzene rings is 2. The number of carboxylic acids is 1. The molecule has 0 aliphatic heterocycles. The second-order valence-electron chi connectivity index (χ2n) is 4.94. The molecule has 1 N–H and O–H groups in total. The van der Waals surface area contributed by atoms with E-state index in [1.54, 1.807) is 0 Å². The molecule has 0 atom stereocenters. The fraction of sp³-hybridized carbons (Fsp3) is 0.176. The first-order valence-corrected chi connectivity index (χ1v) is 6.71. The maximum absolute atomic E-state index is 10.9. The Morgan fingerprint density at radius 1 is 1.09 bits per heavy atom. The van der Waals surface area contributed by atoms with E-state index >= 15 is 0 Å². The fourth-order valence-electron chi connectivity index (χ4n) is 1.99. The maximum atomic E-state index is 10.9. The molecule has 2 rings (SSSR count). The minimum Gasteiger partial charge on any atom is -0.550 e. The van der Waals surface area contributed by atoms with E-state index in [0.717, 1.165) is 16.8 Å². The van der Waals surface area contributed by atoms with E-state index in [9.17, 15) is 9.90 Å². The Labute approximate surface area is 152 Å². The van der Waals surface area contributed by atoms with Crippen molar-refractivity contribution in [3.05, 3.63) is 59.7 Å². The number of aliphatic carboxylic acids is 1. The molecule has 0 unspecified atom stereocenters. The molecule has 2 aromatic carbocycles. The second kappa shape index (κ2) is 8.73. The fourth-order valence-corrected chi connectivity index (χ4v) is 1.99. The number of carboxylic acid groups (broad SMARTS) is 1. The third-order valence-electron chi connectivity index (χ3n) is 2.88. The summed E-state index contributed by atoms with van der Waals surface area (Å²) in [5, 5.41) is 13.9. The largest absolute Gasteiger partial charge is 1.00 e. The van der Waals surface area contributed by atoms with E-state index in [4.69, 9.17) is 0 Å². The number of carbonyl (C=O) groups excluding carboxylic acids is 1. The van der Waals surface area contributed by atoms with Gasteiger partial charge in [0.15, 0.2) is 0 Å². The summed E-state index contributed by atoms with van der Waals surface area (Å²) in [5.74, 6) is -0.812. The number of rotatable bonds is 4. The molecule has 22 heavy (non-hydrogen) atoms. The average Bonchev–Trinajstić information content (AvgIpc) is 2.37. The topological polar surface area (TPSA) is 64.5 Å². The van der Waals surface area contributed by atoms with Gasteiger partial charge in [0.25, 0.3) is 0 Å². The van der Waals surface area contributed by atoms with Crippen LogP contribution in [0.4, 0.5) is 11.4 Å². The van der Waals surface area contributed by atoms with Gasteiger partial charge in [-0.25, -0.2) is 4.99 Å². The van der Waals surface area contributed by atoms with Crippen molar-refractivity contribution in [3.8, 4) is 0 Å². The number of nitrogens with zero attached hydrogens (tertiary/aromatic N) is 1. The van der Waals surface area contributed by atoms with Crippen molar-refractivity contribution in [2.45, 2.75) is 20.3 Å². The van der Waals surface area contributed by atoms with Crippen LogP contribution < -0.4 is 40.0 Å². The zero-order valence-electron chi connectivity index (χ0n) is 13.1. The quantitative estimate of drug-likeness (QED) is 0.474. The molecule has 0 amide bonds. The van der Waals surface area contributed by atoms with Gasteiger partial charge in [0, 0.05) is 18.1 Å². The van der Waals surface area contributed by atoms with Gasteiger partial charge >= 0.3 is 29.6 Å². The summed E-state index contributed by atoms with van der Waals surface area (Å²) in [7, 11) is 0. The summed E-state index contributed by atoms with van der Waals surface area (Å²) in [6.07, 6.45) is -0.262. The van der Waals surface area contributed by atoms with Gasteiger partial charge in [-0.15, -0.1) is 0 Å². The van der Waals surface area contributed by atoms with Crippen molar-refractivity contribution in [2.75, 3.05) is 5.32 Å². The molecule has 0 saturated heterocycles. The number of aryl methyl sites for hydroxylation is 2. The van der Waals surface area contributed by atoms with Crippen LogP contribution in [0.15, 0.2) is 53.5 Å². The molecule has 0 saturated carbocycles. The number of aliphatic imine (C=N–C) groups is 1. The summed E-state index contributed by atoms with van der Waals surface area (Å²) >= 11 is 0. The van der Waals surface area contributed by atoms with Gasteiger partial charge in [-0.1, -0.05) is 24.3 Å². The van der Waals surface area contributed by atoms with E-state index in [-0.39, 0.29) is 36.0 Å². The van der Waals surface area contributed by atoms with Gasteiger partial charge in [-0.3, -0.25) is 0 Å². The van der Waals surface area contributed by atoms with Crippen LogP contribution in [0, 0.1) is 13.8 Å². The molecule has 4 nitrogen and oxygen atoms in total. The average molecular weight is 304 g/mol. The first kappa shape index (κ1) is 18.4. The van der Waals surface area contributed by atoms with Crippen LogP contribution in [-0.4, -0.2) is 11.8 Å². The Morgan fingerprint density at radius 2 is 1.73 bits per heavy atom. The predicted molar refractivity (Wildman–Crippen MR) is 82.7 cm³/mol. The van der Waals surface area contributed by atoms with E-state index in [2.05, 4.69) is 10.3 Å². The van der Waals surface area contributed by atoms with Crippen molar-refractivity contribution in [1.29, 1.82) is 0 Å². The number of anilines is 1. The SMILES string of the molecule is Cc1cccc(N=C(CC(=O)[O-])Nc2cccc(C)c2)c1.[Na+]. The summed E-state index contributed by atoms with van der Waals surface area (Å²) in [4.78, 5) is 15.3. The molecule has 0 aliphatic carbocycles. The van der Waals surface area contributed by atoms with E-state index in [1.807, 2.05) is 62.4 Å². The Morgan fingerprint density at radius 3 is 2.32 bits per heavy atom. The van der Waals surface area contributed by atoms with E-state index < -0.39 is 5.97 Å². The minimum atomic E-state index is -1.17. The third-order valence-corrected chi connectivity index (χ3v) is 2.88. The molecule has 0 heterocycles. The van der Waals surface area contributed by atoms with Gasteiger partial charge in [0.1, 0.15) is 5.84 Å². The molecule has 2 aromatic rings. The van der Waals surface area contributed by atoms with Gasteiger partial charge in [0.05, 0.1) is 5.69 Å². The summed E-state index contributed by atoms with van der Waals surface area (Å²) in [5.41, 5.74) is 3.68. The molecule has 0 fully saturated rings. The number of hydrogen-bond donors (Lipinski definition) is 1. The summed E-state index contributed by atoms with van der Waals surface area (Å²) < 4.78 is 0. The van der Waals surface area contributed by atoms with Crippen molar-refractivity contribution in [1.82, 2.24) is 0 Å². The number of nitrogens with one attached hydrogen (secondary N) is 1. The molecule has 0 spiro atoms. The zero-order chi connectivity index (χ0) is 15.2. The van der Waals surface area contributed by atoms with Gasteiger partial charge in [-0.05, 0) is 49.2 Å². The van der Waals surface area contributed by atoms with Crippen LogP contribution in [0.25, 0.3) is 0 Å². The smallest absolute Gasteiger partial charge is 0.550 e.